The summed E-state index contributed by atoms with van der Waals surface area (Å²) in [4.78, 5) is 23.0. The van der Waals surface area contributed by atoms with Crippen LogP contribution in [-0.4, -0.2) is 30.4 Å². The summed E-state index contributed by atoms with van der Waals surface area (Å²) >= 11 is 1.04. The van der Waals surface area contributed by atoms with Crippen molar-refractivity contribution in [3.63, 3.8) is 0 Å². The Morgan fingerprint density at radius 1 is 1.30 bits per heavy atom. The van der Waals surface area contributed by atoms with Gasteiger partial charge in [0.1, 0.15) is 0 Å². The van der Waals surface area contributed by atoms with Crippen LogP contribution in [0.1, 0.15) is 30.9 Å². The van der Waals surface area contributed by atoms with Crippen molar-refractivity contribution in [2.24, 2.45) is 10.2 Å². The van der Waals surface area contributed by atoms with E-state index in [-0.39, 0.29) is 4.91 Å². The van der Waals surface area contributed by atoms with Gasteiger partial charge in [0.2, 0.25) is 0 Å². The van der Waals surface area contributed by atoms with Gasteiger partial charge in [-0.3, -0.25) is 10.1 Å². The molecule has 0 bridgehead atoms. The van der Waals surface area contributed by atoms with Crippen LogP contribution in [0.15, 0.2) is 45.4 Å². The molecule has 23 heavy (non-hydrogen) atoms. The van der Waals surface area contributed by atoms with Crippen molar-refractivity contribution in [3.8, 4) is 0 Å². The first-order valence-corrected chi connectivity index (χ1v) is 7.81. The number of carbonyl (C=O) groups is 2. The molecule has 0 atom stereocenters. The lowest BCUT2D eigenvalue weighted by Gasteiger charge is -2.03. The molecule has 2 rings (SSSR count). The van der Waals surface area contributed by atoms with E-state index < -0.39 is 11.9 Å². The number of nitrogens with zero attached hydrogens (tertiary/aromatic N) is 2. The molecule has 1 fully saturated rings. The third kappa shape index (κ3) is 4.79. The van der Waals surface area contributed by atoms with Crippen LogP contribution in [0.25, 0.3) is 0 Å². The van der Waals surface area contributed by atoms with Gasteiger partial charge in [0.05, 0.1) is 18.2 Å². The number of nitrogens with one attached hydrogen (secondary N) is 1. The fourth-order valence-electron chi connectivity index (χ4n) is 1.76. The molecule has 1 aliphatic heterocycles. The zero-order chi connectivity index (χ0) is 16.8. The van der Waals surface area contributed by atoms with Crippen molar-refractivity contribution in [2.75, 3.05) is 7.11 Å². The number of hydrogen-bond acceptors (Lipinski definition) is 6. The first-order chi connectivity index (χ1) is 11.0. The lowest BCUT2D eigenvalue weighted by Crippen LogP contribution is -2.19. The Kier molecular flexibility index (Phi) is 5.70. The first-order valence-electron chi connectivity index (χ1n) is 6.99. The Morgan fingerprint density at radius 3 is 2.61 bits per heavy atom. The van der Waals surface area contributed by atoms with Crippen LogP contribution in [0, 0.1) is 0 Å². The van der Waals surface area contributed by atoms with Gasteiger partial charge in [-0.1, -0.05) is 38.1 Å². The number of hydrogen-bond donors (Lipinski definition) is 1. The predicted octanol–water partition coefficient (Wildman–Crippen LogP) is 2.42. The van der Waals surface area contributed by atoms with Crippen molar-refractivity contribution in [2.45, 2.75) is 19.8 Å². The Hall–Kier alpha value is -2.41. The molecule has 0 unspecified atom stereocenters. The number of carbonyl (C=O) groups excluding carboxylic acids is 2. The van der Waals surface area contributed by atoms with Crippen molar-refractivity contribution in [1.29, 1.82) is 0 Å². The van der Waals surface area contributed by atoms with Crippen LogP contribution in [0.2, 0.25) is 0 Å². The van der Waals surface area contributed by atoms with E-state index >= 15 is 0 Å². The summed E-state index contributed by atoms with van der Waals surface area (Å²) in [6.45, 7) is 4.27. The highest BCUT2D eigenvalue weighted by Crippen LogP contribution is 2.23. The first kappa shape index (κ1) is 17.0. The van der Waals surface area contributed by atoms with Crippen LogP contribution in [0.4, 0.5) is 0 Å². The van der Waals surface area contributed by atoms with Crippen molar-refractivity contribution < 1.29 is 14.3 Å². The van der Waals surface area contributed by atoms with Gasteiger partial charge in [-0.15, -0.1) is 5.10 Å². The largest absolute Gasteiger partial charge is 0.466 e. The average molecular weight is 331 g/mol. The maximum absolute atomic E-state index is 11.6. The highest BCUT2D eigenvalue weighted by molar-refractivity contribution is 8.18. The second-order valence-electron chi connectivity index (χ2n) is 5.06. The standard InChI is InChI=1S/C16H17N3O3S/c1-10(2)12-6-4-11(5-7-12)9-17-19-16-18-15(21)13(23-16)8-14(20)22-3/h4-10H,1-3H3,(H,18,19,21)/b13-8+,17-9?. The van der Waals surface area contributed by atoms with Gasteiger partial charge >= 0.3 is 5.97 Å². The lowest BCUT2D eigenvalue weighted by molar-refractivity contribution is -0.135. The normalized spacial score (nSPS) is 18.2. The number of benzene rings is 1. The second-order valence-corrected chi connectivity index (χ2v) is 6.09. The molecular weight excluding hydrogens is 314 g/mol. The van der Waals surface area contributed by atoms with Crippen LogP contribution in [0.5, 0.6) is 0 Å². The van der Waals surface area contributed by atoms with Gasteiger partial charge < -0.3 is 4.74 Å². The van der Waals surface area contributed by atoms with Gasteiger partial charge in [0.25, 0.3) is 5.91 Å². The van der Waals surface area contributed by atoms with Crippen LogP contribution >= 0.6 is 11.8 Å². The topological polar surface area (TPSA) is 80.1 Å². The summed E-state index contributed by atoms with van der Waals surface area (Å²) in [5.41, 5.74) is 2.17. The third-order valence-electron chi connectivity index (χ3n) is 3.06. The molecule has 0 spiro atoms. The fourth-order valence-corrected chi connectivity index (χ4v) is 2.49. The smallest absolute Gasteiger partial charge is 0.331 e. The maximum Gasteiger partial charge on any atom is 0.331 e. The maximum atomic E-state index is 11.6. The second kappa shape index (κ2) is 7.73. The molecule has 120 valence electrons. The molecule has 1 N–H and O–H groups in total. The highest BCUT2D eigenvalue weighted by atomic mass is 32.2. The number of esters is 1. The molecular formula is C16H17N3O3S. The number of amides is 1. The predicted molar refractivity (Wildman–Crippen MR) is 91.4 cm³/mol. The number of rotatable bonds is 4. The molecule has 0 aliphatic carbocycles. The molecule has 1 amide bonds. The van der Waals surface area contributed by atoms with Crippen molar-refractivity contribution in [3.05, 3.63) is 46.4 Å². The molecule has 1 aromatic rings. The van der Waals surface area contributed by atoms with Crippen LogP contribution in [0.3, 0.4) is 0 Å². The van der Waals surface area contributed by atoms with E-state index in [0.29, 0.717) is 11.1 Å². The minimum absolute atomic E-state index is 0.229. The highest BCUT2D eigenvalue weighted by Gasteiger charge is 2.24. The molecule has 7 heteroatoms. The quantitative estimate of drug-likeness (QED) is 0.398. The summed E-state index contributed by atoms with van der Waals surface area (Å²) in [6, 6.07) is 8.01. The zero-order valence-electron chi connectivity index (χ0n) is 13.1. The molecule has 1 aliphatic rings. The Balaban J connectivity index is 2.02. The molecule has 0 aromatic heterocycles. The summed E-state index contributed by atoms with van der Waals surface area (Å²) in [6.07, 6.45) is 2.72. The molecule has 1 heterocycles. The van der Waals surface area contributed by atoms with Gasteiger partial charge in [-0.05, 0) is 28.8 Å². The van der Waals surface area contributed by atoms with E-state index in [9.17, 15) is 9.59 Å². The number of methoxy groups -OCH3 is 1. The van der Waals surface area contributed by atoms with E-state index in [0.717, 1.165) is 23.4 Å². The van der Waals surface area contributed by atoms with E-state index in [1.807, 2.05) is 24.3 Å². The zero-order valence-corrected chi connectivity index (χ0v) is 13.9. The lowest BCUT2D eigenvalue weighted by atomic mass is 10.0. The Labute approximate surface area is 138 Å². The Bertz CT molecular complexity index is 691. The molecule has 6 nitrogen and oxygen atoms in total. The molecule has 0 radical (unpaired) electrons. The number of ether oxygens (including phenoxy) is 1. The number of amidine groups is 1. The van der Waals surface area contributed by atoms with E-state index in [4.69, 9.17) is 0 Å². The third-order valence-corrected chi connectivity index (χ3v) is 3.96. The van der Waals surface area contributed by atoms with Crippen LogP contribution in [-0.2, 0) is 14.3 Å². The molecule has 1 aromatic carbocycles. The van der Waals surface area contributed by atoms with Gasteiger partial charge in [0.15, 0.2) is 5.17 Å². The molecule has 0 saturated carbocycles. The van der Waals surface area contributed by atoms with Gasteiger partial charge in [-0.25, -0.2) is 4.79 Å². The van der Waals surface area contributed by atoms with Gasteiger partial charge in [0, 0.05) is 6.08 Å². The summed E-state index contributed by atoms with van der Waals surface area (Å²) in [5.74, 6) is -0.500. The van der Waals surface area contributed by atoms with Crippen molar-refractivity contribution >= 4 is 35.0 Å². The van der Waals surface area contributed by atoms with E-state index in [1.165, 1.54) is 12.7 Å². The van der Waals surface area contributed by atoms with E-state index in [1.54, 1.807) is 6.21 Å². The van der Waals surface area contributed by atoms with Crippen LogP contribution < -0.4 is 5.32 Å². The minimum atomic E-state index is -0.586. The monoisotopic (exact) mass is 331 g/mol. The van der Waals surface area contributed by atoms with Gasteiger partial charge in [-0.2, -0.15) is 5.10 Å². The minimum Gasteiger partial charge on any atom is -0.466 e. The Morgan fingerprint density at radius 2 is 2.00 bits per heavy atom. The summed E-state index contributed by atoms with van der Waals surface area (Å²) < 4.78 is 4.48. The van der Waals surface area contributed by atoms with Crippen molar-refractivity contribution in [1.82, 2.24) is 5.32 Å². The number of thioether (sulfide) groups is 1. The summed E-state index contributed by atoms with van der Waals surface area (Å²) in [5, 5.41) is 10.7. The average Bonchev–Trinajstić information content (AvgIpc) is 2.87. The summed E-state index contributed by atoms with van der Waals surface area (Å²) in [7, 11) is 1.25. The molecule has 1 saturated heterocycles. The SMILES string of the molecule is COC(=O)/C=C1/S/C(=N\N=Cc2ccc(C(C)C)cc2)NC1=O. The van der Waals surface area contributed by atoms with E-state index in [2.05, 4.69) is 34.1 Å². The fraction of sp³-hybridized carbons (Fsp3) is 0.250.